The number of primary amides is 1. The van der Waals surface area contributed by atoms with Gasteiger partial charge in [0.15, 0.2) is 0 Å². The van der Waals surface area contributed by atoms with E-state index in [0.29, 0.717) is 5.56 Å². The summed E-state index contributed by atoms with van der Waals surface area (Å²) in [6.45, 7) is 3.82. The molecule has 92 valence electrons. The van der Waals surface area contributed by atoms with Crippen molar-refractivity contribution in [2.45, 2.75) is 26.3 Å². The van der Waals surface area contributed by atoms with Crippen LogP contribution in [0.25, 0.3) is 0 Å². The maximum atomic E-state index is 11.8. The molecular formula is C12H17N3O2. The first kappa shape index (κ1) is 13.2. The largest absolute Gasteiger partial charge is 0.368 e. The molecule has 1 heterocycles. The Labute approximate surface area is 100 Å². The average Bonchev–Trinajstić information content (AvgIpc) is 2.35. The van der Waals surface area contributed by atoms with Crippen molar-refractivity contribution in [3.8, 4) is 0 Å². The molecule has 0 spiro atoms. The zero-order valence-corrected chi connectivity index (χ0v) is 10.0. The van der Waals surface area contributed by atoms with Gasteiger partial charge >= 0.3 is 0 Å². The third-order valence-corrected chi connectivity index (χ3v) is 2.73. The molecular weight excluding hydrogens is 218 g/mol. The first-order valence-corrected chi connectivity index (χ1v) is 5.56. The summed E-state index contributed by atoms with van der Waals surface area (Å²) in [5, 5.41) is 2.63. The normalized spacial score (nSPS) is 13.8. The van der Waals surface area contributed by atoms with Crippen molar-refractivity contribution in [3.05, 3.63) is 30.1 Å². The SMILES string of the molecule is CC[C@H](C)[C@H](NC(=O)c1cccnc1)C(N)=O. The molecule has 17 heavy (non-hydrogen) atoms. The van der Waals surface area contributed by atoms with Gasteiger partial charge in [-0.05, 0) is 18.1 Å². The Bertz CT molecular complexity index is 392. The highest BCUT2D eigenvalue weighted by atomic mass is 16.2. The first-order valence-electron chi connectivity index (χ1n) is 5.56. The second-order valence-corrected chi connectivity index (χ2v) is 3.98. The van der Waals surface area contributed by atoms with Crippen LogP contribution in [0.1, 0.15) is 30.6 Å². The predicted octanol–water partition coefficient (Wildman–Crippen LogP) is 0.711. The molecule has 0 bridgehead atoms. The second kappa shape index (κ2) is 5.98. The molecule has 2 atom stereocenters. The lowest BCUT2D eigenvalue weighted by molar-refractivity contribution is -0.120. The van der Waals surface area contributed by atoms with Crippen LogP contribution in [0, 0.1) is 5.92 Å². The van der Waals surface area contributed by atoms with E-state index in [2.05, 4.69) is 10.3 Å². The van der Waals surface area contributed by atoms with Crippen LogP contribution >= 0.6 is 0 Å². The standard InChI is InChI=1S/C12H17N3O2/c1-3-8(2)10(11(13)16)15-12(17)9-5-4-6-14-7-9/h4-8,10H,3H2,1-2H3,(H2,13,16)(H,15,17)/t8-,10-/m0/s1. The Kier molecular flexibility index (Phi) is 4.63. The highest BCUT2D eigenvalue weighted by Gasteiger charge is 2.23. The topological polar surface area (TPSA) is 85.1 Å². The highest BCUT2D eigenvalue weighted by Crippen LogP contribution is 2.08. The van der Waals surface area contributed by atoms with Gasteiger partial charge in [0.25, 0.3) is 5.91 Å². The van der Waals surface area contributed by atoms with Crippen LogP contribution in [0.3, 0.4) is 0 Å². The van der Waals surface area contributed by atoms with E-state index in [1.807, 2.05) is 13.8 Å². The van der Waals surface area contributed by atoms with Gasteiger partial charge in [-0.1, -0.05) is 20.3 Å². The lowest BCUT2D eigenvalue weighted by Gasteiger charge is -2.20. The van der Waals surface area contributed by atoms with Gasteiger partial charge in [-0.15, -0.1) is 0 Å². The smallest absolute Gasteiger partial charge is 0.253 e. The van der Waals surface area contributed by atoms with Crippen LogP contribution < -0.4 is 11.1 Å². The molecule has 0 aliphatic carbocycles. The second-order valence-electron chi connectivity index (χ2n) is 3.98. The van der Waals surface area contributed by atoms with Crippen LogP contribution in [0.4, 0.5) is 0 Å². The fourth-order valence-corrected chi connectivity index (χ4v) is 1.45. The monoisotopic (exact) mass is 235 g/mol. The fourth-order valence-electron chi connectivity index (χ4n) is 1.45. The van der Waals surface area contributed by atoms with Crippen molar-refractivity contribution in [3.63, 3.8) is 0 Å². The maximum absolute atomic E-state index is 11.8. The van der Waals surface area contributed by atoms with E-state index in [-0.39, 0.29) is 11.8 Å². The number of amides is 2. The van der Waals surface area contributed by atoms with E-state index in [1.54, 1.807) is 18.3 Å². The van der Waals surface area contributed by atoms with E-state index < -0.39 is 11.9 Å². The van der Waals surface area contributed by atoms with Crippen molar-refractivity contribution < 1.29 is 9.59 Å². The third-order valence-electron chi connectivity index (χ3n) is 2.73. The molecule has 0 aromatic carbocycles. The molecule has 3 N–H and O–H groups in total. The quantitative estimate of drug-likeness (QED) is 0.788. The number of nitrogens with zero attached hydrogens (tertiary/aromatic N) is 1. The van der Waals surface area contributed by atoms with Crippen LogP contribution in [0.2, 0.25) is 0 Å². The van der Waals surface area contributed by atoms with E-state index in [4.69, 9.17) is 5.73 Å². The Morgan fingerprint density at radius 3 is 2.71 bits per heavy atom. The Morgan fingerprint density at radius 1 is 1.53 bits per heavy atom. The molecule has 2 amide bonds. The third kappa shape index (κ3) is 3.55. The summed E-state index contributed by atoms with van der Waals surface area (Å²) in [4.78, 5) is 26.9. The lowest BCUT2D eigenvalue weighted by atomic mass is 9.98. The van der Waals surface area contributed by atoms with Gasteiger partial charge in [0.1, 0.15) is 6.04 Å². The Morgan fingerprint density at radius 2 is 2.24 bits per heavy atom. The average molecular weight is 235 g/mol. The summed E-state index contributed by atoms with van der Waals surface area (Å²) in [6.07, 6.45) is 3.79. The maximum Gasteiger partial charge on any atom is 0.253 e. The summed E-state index contributed by atoms with van der Waals surface area (Å²) in [7, 11) is 0. The van der Waals surface area contributed by atoms with Crippen molar-refractivity contribution in [1.29, 1.82) is 0 Å². The van der Waals surface area contributed by atoms with E-state index in [9.17, 15) is 9.59 Å². The minimum atomic E-state index is -0.646. The summed E-state index contributed by atoms with van der Waals surface area (Å²) in [5.41, 5.74) is 5.69. The number of rotatable bonds is 5. The fraction of sp³-hybridized carbons (Fsp3) is 0.417. The van der Waals surface area contributed by atoms with Gasteiger partial charge in [-0.25, -0.2) is 0 Å². The van der Waals surface area contributed by atoms with Crippen LogP contribution in [-0.2, 0) is 4.79 Å². The minimum Gasteiger partial charge on any atom is -0.368 e. The van der Waals surface area contributed by atoms with Crippen molar-refractivity contribution in [2.24, 2.45) is 11.7 Å². The van der Waals surface area contributed by atoms with Crippen molar-refractivity contribution in [2.75, 3.05) is 0 Å². The van der Waals surface area contributed by atoms with E-state index in [1.165, 1.54) is 6.20 Å². The van der Waals surface area contributed by atoms with Crippen molar-refractivity contribution in [1.82, 2.24) is 10.3 Å². The molecule has 0 unspecified atom stereocenters. The number of carbonyl (C=O) groups excluding carboxylic acids is 2. The summed E-state index contributed by atoms with van der Waals surface area (Å²) >= 11 is 0. The minimum absolute atomic E-state index is 0.00752. The zero-order valence-electron chi connectivity index (χ0n) is 10.0. The molecule has 1 aromatic heterocycles. The Balaban J connectivity index is 2.75. The van der Waals surface area contributed by atoms with Gasteiger partial charge in [0.2, 0.25) is 5.91 Å². The molecule has 0 aliphatic heterocycles. The van der Waals surface area contributed by atoms with E-state index in [0.717, 1.165) is 6.42 Å². The zero-order chi connectivity index (χ0) is 12.8. The molecule has 0 aliphatic rings. The van der Waals surface area contributed by atoms with Crippen LogP contribution in [0.15, 0.2) is 24.5 Å². The van der Waals surface area contributed by atoms with Gasteiger partial charge in [-0.3, -0.25) is 14.6 Å². The predicted molar refractivity (Wildman–Crippen MR) is 64.1 cm³/mol. The first-order chi connectivity index (χ1) is 8.06. The number of aromatic nitrogens is 1. The van der Waals surface area contributed by atoms with Gasteiger partial charge in [-0.2, -0.15) is 0 Å². The Hall–Kier alpha value is -1.91. The number of hydrogen-bond donors (Lipinski definition) is 2. The highest BCUT2D eigenvalue weighted by molar-refractivity contribution is 5.97. The van der Waals surface area contributed by atoms with Crippen LogP contribution in [-0.4, -0.2) is 22.8 Å². The van der Waals surface area contributed by atoms with Crippen LogP contribution in [0.5, 0.6) is 0 Å². The molecule has 1 rings (SSSR count). The molecule has 0 saturated carbocycles. The molecule has 5 nitrogen and oxygen atoms in total. The number of hydrogen-bond acceptors (Lipinski definition) is 3. The lowest BCUT2D eigenvalue weighted by Crippen LogP contribution is -2.48. The van der Waals surface area contributed by atoms with Gasteiger partial charge < -0.3 is 11.1 Å². The van der Waals surface area contributed by atoms with Crippen molar-refractivity contribution >= 4 is 11.8 Å². The molecule has 0 saturated heterocycles. The van der Waals surface area contributed by atoms with E-state index >= 15 is 0 Å². The number of nitrogens with two attached hydrogens (primary N) is 1. The summed E-state index contributed by atoms with van der Waals surface area (Å²) < 4.78 is 0. The number of pyridine rings is 1. The number of carbonyl (C=O) groups is 2. The molecule has 5 heteroatoms. The summed E-state index contributed by atoms with van der Waals surface area (Å²) in [5.74, 6) is -0.841. The van der Waals surface area contributed by atoms with Gasteiger partial charge in [0.05, 0.1) is 5.56 Å². The summed E-state index contributed by atoms with van der Waals surface area (Å²) in [6, 6.07) is 2.65. The molecule has 1 aromatic rings. The van der Waals surface area contributed by atoms with Gasteiger partial charge in [0, 0.05) is 12.4 Å². The molecule has 0 radical (unpaired) electrons. The number of nitrogens with one attached hydrogen (secondary N) is 1. The molecule has 0 fully saturated rings.